The summed E-state index contributed by atoms with van der Waals surface area (Å²) < 4.78 is 11.6. The van der Waals surface area contributed by atoms with E-state index in [1.165, 1.54) is 41.8 Å². The largest absolute Gasteiger partial charge is 0.456 e. The van der Waals surface area contributed by atoms with Gasteiger partial charge in [-0.25, -0.2) is 0 Å². The molecule has 0 aliphatic heterocycles. The standard InChI is InChI=1S/C46H28N2OS/c1-2-13-30(14-3-1)48-39-19-9-6-16-34(39)35-24-22-32(28-40(35)48)47(31-23-25-44-38(27-31)36-17-8-11-21-43(36)50-44)46-33-15-5-4-12-29(33)26-42-45(46)37-18-7-10-20-41(37)49-42/h1-28H. The van der Waals surface area contributed by atoms with Gasteiger partial charge in [-0.15, -0.1) is 11.3 Å². The van der Waals surface area contributed by atoms with Crippen LogP contribution < -0.4 is 4.90 Å². The summed E-state index contributed by atoms with van der Waals surface area (Å²) in [4.78, 5) is 2.46. The molecule has 50 heavy (non-hydrogen) atoms. The number of fused-ring (bicyclic) bond motifs is 10. The number of anilines is 3. The Balaban J connectivity index is 1.29. The van der Waals surface area contributed by atoms with Gasteiger partial charge in [-0.1, -0.05) is 103 Å². The molecule has 3 nitrogen and oxygen atoms in total. The molecule has 0 aliphatic carbocycles. The lowest BCUT2D eigenvalue weighted by Gasteiger charge is -2.28. The van der Waals surface area contributed by atoms with Crippen LogP contribution in [0.1, 0.15) is 0 Å². The van der Waals surface area contributed by atoms with Crippen LogP contribution >= 0.6 is 11.3 Å². The van der Waals surface area contributed by atoms with Crippen LogP contribution in [0.4, 0.5) is 17.1 Å². The molecule has 11 aromatic rings. The monoisotopic (exact) mass is 656 g/mol. The van der Waals surface area contributed by atoms with Gasteiger partial charge in [0.15, 0.2) is 0 Å². The van der Waals surface area contributed by atoms with Crippen LogP contribution in [-0.4, -0.2) is 4.57 Å². The van der Waals surface area contributed by atoms with Crippen LogP contribution in [0.3, 0.4) is 0 Å². The molecule has 0 amide bonds. The van der Waals surface area contributed by atoms with Gasteiger partial charge >= 0.3 is 0 Å². The van der Waals surface area contributed by atoms with E-state index in [2.05, 4.69) is 173 Å². The van der Waals surface area contributed by atoms with Gasteiger partial charge in [-0.05, 0) is 72.1 Å². The van der Waals surface area contributed by atoms with Crippen LogP contribution in [0.5, 0.6) is 0 Å². The van der Waals surface area contributed by atoms with Crippen molar-refractivity contribution >= 4 is 103 Å². The fraction of sp³-hybridized carbons (Fsp3) is 0. The molecule has 0 fully saturated rings. The molecule has 0 saturated carbocycles. The van der Waals surface area contributed by atoms with Crippen molar-refractivity contribution in [2.75, 3.05) is 4.90 Å². The van der Waals surface area contributed by atoms with E-state index in [1.807, 2.05) is 17.4 Å². The zero-order valence-electron chi connectivity index (χ0n) is 26.9. The SMILES string of the molecule is c1ccc(-n2c3ccccc3c3ccc(N(c4ccc5sc6ccccc6c5c4)c4c5ccccc5cc5oc6ccccc6c45)cc32)cc1. The molecular weight excluding hydrogens is 629 g/mol. The van der Waals surface area contributed by atoms with Gasteiger partial charge in [-0.2, -0.15) is 0 Å². The third-order valence-electron chi connectivity index (χ3n) is 10.1. The Morgan fingerprint density at radius 2 is 1.10 bits per heavy atom. The van der Waals surface area contributed by atoms with Gasteiger partial charge < -0.3 is 13.9 Å². The Bertz CT molecular complexity index is 3110. The predicted octanol–water partition coefficient (Wildman–Crippen LogP) is 13.7. The van der Waals surface area contributed by atoms with Gasteiger partial charge in [0.2, 0.25) is 0 Å². The average molecular weight is 657 g/mol. The number of benzene rings is 8. The van der Waals surface area contributed by atoms with Gasteiger partial charge in [0.1, 0.15) is 11.2 Å². The summed E-state index contributed by atoms with van der Waals surface area (Å²) in [6.07, 6.45) is 0. The van der Waals surface area contributed by atoms with E-state index in [0.717, 1.165) is 55.6 Å². The quantitative estimate of drug-likeness (QED) is 0.188. The van der Waals surface area contributed by atoms with Crippen LogP contribution in [-0.2, 0) is 0 Å². The highest BCUT2D eigenvalue weighted by atomic mass is 32.1. The number of aromatic nitrogens is 1. The first-order valence-corrected chi connectivity index (χ1v) is 17.7. The van der Waals surface area contributed by atoms with Crippen molar-refractivity contribution in [1.29, 1.82) is 0 Å². The van der Waals surface area contributed by atoms with Crippen LogP contribution in [0.2, 0.25) is 0 Å². The molecule has 3 aromatic heterocycles. The number of hydrogen-bond donors (Lipinski definition) is 0. The van der Waals surface area contributed by atoms with Crippen molar-refractivity contribution in [3.8, 4) is 5.69 Å². The molecule has 0 radical (unpaired) electrons. The topological polar surface area (TPSA) is 21.3 Å². The van der Waals surface area contributed by atoms with E-state index in [1.54, 1.807) is 0 Å². The fourth-order valence-electron chi connectivity index (χ4n) is 7.97. The molecule has 11 rings (SSSR count). The Labute approximate surface area is 291 Å². The Morgan fingerprint density at radius 1 is 0.440 bits per heavy atom. The number of para-hydroxylation sites is 3. The highest BCUT2D eigenvalue weighted by Crippen LogP contribution is 2.49. The smallest absolute Gasteiger partial charge is 0.138 e. The molecular formula is C46H28N2OS. The minimum atomic E-state index is 0.881. The summed E-state index contributed by atoms with van der Waals surface area (Å²) in [7, 11) is 0. The summed E-state index contributed by atoms with van der Waals surface area (Å²) in [6, 6.07) is 61.3. The van der Waals surface area contributed by atoms with Gasteiger partial charge in [0, 0.05) is 58.8 Å². The first kappa shape index (κ1) is 27.6. The Morgan fingerprint density at radius 3 is 2.00 bits per heavy atom. The van der Waals surface area contributed by atoms with Crippen molar-refractivity contribution in [3.05, 3.63) is 170 Å². The van der Waals surface area contributed by atoms with E-state index in [-0.39, 0.29) is 0 Å². The third kappa shape index (κ3) is 3.97. The summed E-state index contributed by atoms with van der Waals surface area (Å²) in [5, 5.41) is 9.54. The van der Waals surface area contributed by atoms with Gasteiger partial charge in [0.05, 0.1) is 22.1 Å². The van der Waals surface area contributed by atoms with Crippen molar-refractivity contribution in [2.45, 2.75) is 0 Å². The van der Waals surface area contributed by atoms with Gasteiger partial charge in [-0.3, -0.25) is 0 Å². The number of thiophene rings is 1. The summed E-state index contributed by atoms with van der Waals surface area (Å²) >= 11 is 1.85. The van der Waals surface area contributed by atoms with E-state index < -0.39 is 0 Å². The molecule has 0 aliphatic rings. The molecule has 4 heteroatoms. The molecule has 0 saturated heterocycles. The normalized spacial score (nSPS) is 12.0. The molecule has 0 bridgehead atoms. The molecule has 8 aromatic carbocycles. The first-order chi connectivity index (χ1) is 24.8. The van der Waals surface area contributed by atoms with Crippen molar-refractivity contribution < 1.29 is 4.42 Å². The maximum absolute atomic E-state index is 6.60. The summed E-state index contributed by atoms with van der Waals surface area (Å²) in [6.45, 7) is 0. The Kier molecular flexibility index (Phi) is 5.83. The van der Waals surface area contributed by atoms with Crippen molar-refractivity contribution in [3.63, 3.8) is 0 Å². The van der Waals surface area contributed by atoms with Crippen LogP contribution in [0, 0.1) is 0 Å². The molecule has 0 unspecified atom stereocenters. The molecule has 0 atom stereocenters. The first-order valence-electron chi connectivity index (χ1n) is 16.9. The van der Waals surface area contributed by atoms with Crippen LogP contribution in [0.15, 0.2) is 174 Å². The summed E-state index contributed by atoms with van der Waals surface area (Å²) in [5.41, 5.74) is 8.56. The highest BCUT2D eigenvalue weighted by molar-refractivity contribution is 7.25. The zero-order chi connectivity index (χ0) is 32.8. The average Bonchev–Trinajstić information content (AvgIpc) is 3.84. The summed E-state index contributed by atoms with van der Waals surface area (Å²) in [5.74, 6) is 0. The lowest BCUT2D eigenvalue weighted by atomic mass is 10.0. The second-order valence-electron chi connectivity index (χ2n) is 12.9. The molecule has 234 valence electrons. The van der Waals surface area contributed by atoms with Gasteiger partial charge in [0.25, 0.3) is 0 Å². The van der Waals surface area contributed by atoms with Crippen molar-refractivity contribution in [2.24, 2.45) is 0 Å². The lowest BCUT2D eigenvalue weighted by Crippen LogP contribution is -2.11. The second-order valence-corrected chi connectivity index (χ2v) is 14.0. The highest BCUT2D eigenvalue weighted by Gasteiger charge is 2.24. The Hall–Kier alpha value is -6.36. The van der Waals surface area contributed by atoms with Crippen LogP contribution in [0.25, 0.3) is 80.4 Å². The van der Waals surface area contributed by atoms with E-state index >= 15 is 0 Å². The number of furan rings is 1. The number of nitrogens with zero attached hydrogens (tertiary/aromatic N) is 2. The minimum Gasteiger partial charge on any atom is -0.456 e. The number of rotatable bonds is 4. The maximum atomic E-state index is 6.60. The molecule has 0 spiro atoms. The zero-order valence-corrected chi connectivity index (χ0v) is 27.7. The lowest BCUT2D eigenvalue weighted by molar-refractivity contribution is 0.669. The number of hydrogen-bond acceptors (Lipinski definition) is 3. The maximum Gasteiger partial charge on any atom is 0.138 e. The third-order valence-corrected chi connectivity index (χ3v) is 11.3. The van der Waals surface area contributed by atoms with Crippen molar-refractivity contribution in [1.82, 2.24) is 4.57 Å². The van der Waals surface area contributed by atoms with E-state index in [9.17, 15) is 0 Å². The molecule has 3 heterocycles. The minimum absolute atomic E-state index is 0.881. The van der Waals surface area contributed by atoms with E-state index in [4.69, 9.17) is 4.42 Å². The predicted molar refractivity (Wildman–Crippen MR) is 213 cm³/mol. The fourth-order valence-corrected chi connectivity index (χ4v) is 9.06. The molecule has 0 N–H and O–H groups in total. The van der Waals surface area contributed by atoms with E-state index in [0.29, 0.717) is 0 Å². The second kappa shape index (κ2) is 10.6.